The molecule has 0 saturated carbocycles. The van der Waals surface area contributed by atoms with Gasteiger partial charge in [0.2, 0.25) is 0 Å². The molecule has 2 heterocycles. The smallest absolute Gasteiger partial charge is 0.00388 e. The van der Waals surface area contributed by atoms with Crippen LogP contribution in [0.25, 0.3) is 0 Å². The summed E-state index contributed by atoms with van der Waals surface area (Å²) in [6.07, 6.45) is 1.42. The van der Waals surface area contributed by atoms with Crippen molar-refractivity contribution in [3.05, 3.63) is 0 Å². The van der Waals surface area contributed by atoms with Gasteiger partial charge in [0, 0.05) is 25.7 Å². The van der Waals surface area contributed by atoms with Crippen LogP contribution in [-0.2, 0) is 0 Å². The van der Waals surface area contributed by atoms with E-state index in [1.54, 1.807) is 0 Å². The summed E-state index contributed by atoms with van der Waals surface area (Å²) in [7, 11) is 2.26. The predicted octanol–water partition coefficient (Wildman–Crippen LogP) is 1.28. The van der Waals surface area contributed by atoms with E-state index in [4.69, 9.17) is 0 Å². The summed E-state index contributed by atoms with van der Waals surface area (Å²) in [6, 6.07) is 0.746. The van der Waals surface area contributed by atoms with Crippen LogP contribution in [0.5, 0.6) is 0 Å². The number of hydrogen-bond donors (Lipinski definition) is 0. The molecule has 13 heavy (non-hydrogen) atoms. The first-order valence-electron chi connectivity index (χ1n) is 5.59. The van der Waals surface area contributed by atoms with Crippen molar-refractivity contribution in [2.24, 2.45) is 11.8 Å². The van der Waals surface area contributed by atoms with E-state index in [9.17, 15) is 0 Å². The molecule has 0 aromatic carbocycles. The summed E-state index contributed by atoms with van der Waals surface area (Å²) in [5, 5.41) is 0. The molecule has 2 fully saturated rings. The molecule has 2 saturated heterocycles. The Hall–Kier alpha value is -0.0800. The third-order valence-corrected chi connectivity index (χ3v) is 3.76. The molecule has 0 aromatic rings. The van der Waals surface area contributed by atoms with Crippen LogP contribution < -0.4 is 0 Å². The van der Waals surface area contributed by atoms with Gasteiger partial charge in [-0.3, -0.25) is 0 Å². The highest BCUT2D eigenvalue weighted by Crippen LogP contribution is 2.31. The van der Waals surface area contributed by atoms with Gasteiger partial charge in [-0.05, 0) is 45.7 Å². The summed E-state index contributed by atoms with van der Waals surface area (Å²) in [4.78, 5) is 5.14. The van der Waals surface area contributed by atoms with Gasteiger partial charge in [0.25, 0.3) is 0 Å². The molecule has 2 aliphatic heterocycles. The number of rotatable bonds is 1. The van der Waals surface area contributed by atoms with E-state index >= 15 is 0 Å². The van der Waals surface area contributed by atoms with Gasteiger partial charge in [0.1, 0.15) is 0 Å². The summed E-state index contributed by atoms with van der Waals surface area (Å²) in [6.45, 7) is 9.98. The lowest BCUT2D eigenvalue weighted by atomic mass is 9.89. The van der Waals surface area contributed by atoms with Crippen molar-refractivity contribution in [3.8, 4) is 0 Å². The molecular weight excluding hydrogens is 160 g/mol. The maximum atomic E-state index is 2.65. The number of nitrogens with zero attached hydrogens (tertiary/aromatic N) is 2. The Morgan fingerprint density at radius 2 is 1.77 bits per heavy atom. The molecule has 0 unspecified atom stereocenters. The van der Waals surface area contributed by atoms with Crippen LogP contribution in [0.15, 0.2) is 0 Å². The summed E-state index contributed by atoms with van der Waals surface area (Å²) >= 11 is 0. The number of piperidine rings is 1. The van der Waals surface area contributed by atoms with Gasteiger partial charge in [-0.2, -0.15) is 0 Å². The molecule has 0 N–H and O–H groups in total. The molecule has 0 bridgehead atoms. The lowest BCUT2D eigenvalue weighted by Gasteiger charge is -2.31. The van der Waals surface area contributed by atoms with E-state index in [1.807, 2.05) is 0 Å². The Kier molecular flexibility index (Phi) is 2.61. The highest BCUT2D eigenvalue weighted by molar-refractivity contribution is 4.90. The van der Waals surface area contributed by atoms with E-state index < -0.39 is 0 Å². The lowest BCUT2D eigenvalue weighted by molar-refractivity contribution is 0.178. The van der Waals surface area contributed by atoms with Crippen molar-refractivity contribution in [3.63, 3.8) is 0 Å². The molecule has 76 valence electrons. The molecule has 2 heteroatoms. The van der Waals surface area contributed by atoms with Crippen molar-refractivity contribution in [1.29, 1.82) is 0 Å². The second-order valence-corrected chi connectivity index (χ2v) is 5.12. The molecule has 2 rings (SSSR count). The average Bonchev–Trinajstić information content (AvgIpc) is 2.46. The van der Waals surface area contributed by atoms with Gasteiger partial charge >= 0.3 is 0 Å². The summed E-state index contributed by atoms with van der Waals surface area (Å²) in [5.41, 5.74) is 0. The molecule has 2 atom stereocenters. The first-order valence-corrected chi connectivity index (χ1v) is 5.59. The summed E-state index contributed by atoms with van der Waals surface area (Å²) in [5.74, 6) is 1.96. The highest BCUT2D eigenvalue weighted by Gasteiger charge is 2.36. The van der Waals surface area contributed by atoms with Crippen LogP contribution in [0.4, 0.5) is 0 Å². The minimum Gasteiger partial charge on any atom is -0.306 e. The van der Waals surface area contributed by atoms with Gasteiger partial charge in [-0.25, -0.2) is 0 Å². The maximum Gasteiger partial charge on any atom is 0.00388 e. The van der Waals surface area contributed by atoms with Gasteiger partial charge in [-0.1, -0.05) is 0 Å². The first kappa shape index (κ1) is 9.47. The monoisotopic (exact) mass is 182 g/mol. The van der Waals surface area contributed by atoms with Crippen molar-refractivity contribution in [1.82, 2.24) is 9.80 Å². The zero-order valence-corrected chi connectivity index (χ0v) is 9.16. The molecule has 2 aliphatic rings. The second kappa shape index (κ2) is 3.58. The van der Waals surface area contributed by atoms with E-state index in [0.717, 1.165) is 17.9 Å². The van der Waals surface area contributed by atoms with Crippen LogP contribution in [0.2, 0.25) is 0 Å². The molecule has 0 spiro atoms. The van der Waals surface area contributed by atoms with Crippen LogP contribution in [0, 0.1) is 11.8 Å². The highest BCUT2D eigenvalue weighted by atomic mass is 15.2. The van der Waals surface area contributed by atoms with Crippen LogP contribution in [0.3, 0.4) is 0 Å². The molecule has 0 aromatic heterocycles. The third-order valence-electron chi connectivity index (χ3n) is 3.76. The van der Waals surface area contributed by atoms with Gasteiger partial charge in [0.05, 0.1) is 0 Å². The lowest BCUT2D eigenvalue weighted by Crippen LogP contribution is -2.37. The fraction of sp³-hybridized carbons (Fsp3) is 1.00. The van der Waals surface area contributed by atoms with Gasteiger partial charge < -0.3 is 9.80 Å². The Labute approximate surface area is 81.9 Å². The Balaban J connectivity index is 1.94. The average molecular weight is 182 g/mol. The third kappa shape index (κ3) is 1.89. The second-order valence-electron chi connectivity index (χ2n) is 5.12. The van der Waals surface area contributed by atoms with Crippen molar-refractivity contribution in [2.75, 3.05) is 33.2 Å². The quantitative estimate of drug-likeness (QED) is 0.603. The number of hydrogen-bond acceptors (Lipinski definition) is 2. The van der Waals surface area contributed by atoms with Crippen LogP contribution in [0.1, 0.15) is 20.3 Å². The Bertz CT molecular complexity index is 179. The molecular formula is C11H22N2. The normalized spacial score (nSPS) is 36.9. The van der Waals surface area contributed by atoms with Crippen LogP contribution in [-0.4, -0.2) is 49.1 Å². The number of fused-ring (bicyclic) bond motifs is 1. The molecule has 0 aliphatic carbocycles. The van der Waals surface area contributed by atoms with E-state index in [1.165, 1.54) is 32.6 Å². The minimum absolute atomic E-state index is 0.746. The van der Waals surface area contributed by atoms with Gasteiger partial charge in [0.15, 0.2) is 0 Å². The first-order chi connectivity index (χ1) is 6.16. The van der Waals surface area contributed by atoms with E-state index in [2.05, 4.69) is 30.7 Å². The molecule has 2 nitrogen and oxygen atoms in total. The standard InChI is InChI=1S/C11H22N2/c1-9(2)13-7-10-4-5-12(3)6-11(10)8-13/h9-11H,4-8H2,1-3H3/t10-,11+/m0/s1. The van der Waals surface area contributed by atoms with Crippen molar-refractivity contribution < 1.29 is 0 Å². The minimum atomic E-state index is 0.746. The zero-order valence-electron chi connectivity index (χ0n) is 9.16. The van der Waals surface area contributed by atoms with E-state index in [-0.39, 0.29) is 0 Å². The SMILES string of the molecule is CC(C)N1C[C@H]2CN(C)CC[C@H]2C1. The Morgan fingerprint density at radius 3 is 2.46 bits per heavy atom. The maximum absolute atomic E-state index is 2.65. The summed E-state index contributed by atoms with van der Waals surface area (Å²) < 4.78 is 0. The van der Waals surface area contributed by atoms with Gasteiger partial charge in [-0.15, -0.1) is 0 Å². The van der Waals surface area contributed by atoms with E-state index in [0.29, 0.717) is 0 Å². The topological polar surface area (TPSA) is 6.48 Å². The zero-order chi connectivity index (χ0) is 9.42. The fourth-order valence-electron chi connectivity index (χ4n) is 2.81. The molecule has 0 radical (unpaired) electrons. The van der Waals surface area contributed by atoms with Crippen molar-refractivity contribution >= 4 is 0 Å². The Morgan fingerprint density at radius 1 is 1.08 bits per heavy atom. The fourth-order valence-corrected chi connectivity index (χ4v) is 2.81. The largest absolute Gasteiger partial charge is 0.306 e. The number of likely N-dealkylation sites (tertiary alicyclic amines) is 2. The van der Waals surface area contributed by atoms with Crippen molar-refractivity contribution in [2.45, 2.75) is 26.3 Å². The van der Waals surface area contributed by atoms with Crippen LogP contribution >= 0.6 is 0 Å². The predicted molar refractivity (Wildman–Crippen MR) is 55.8 cm³/mol. The molecule has 0 amide bonds.